The number of methoxy groups -OCH3 is 2. The Morgan fingerprint density at radius 1 is 1.07 bits per heavy atom. The molecule has 2 aromatic carbocycles. The van der Waals surface area contributed by atoms with Crippen molar-refractivity contribution in [2.45, 2.75) is 32.0 Å². The molecule has 0 bridgehead atoms. The van der Waals surface area contributed by atoms with E-state index in [1.54, 1.807) is 20.3 Å². The molecule has 0 amide bonds. The predicted molar refractivity (Wildman–Crippen MR) is 106 cm³/mol. The molecule has 1 aliphatic heterocycles. The zero-order valence-electron chi connectivity index (χ0n) is 15.8. The monoisotopic (exact) mass is 391 g/mol. The molecule has 27 heavy (non-hydrogen) atoms. The second-order valence-corrected chi connectivity index (χ2v) is 6.90. The van der Waals surface area contributed by atoms with E-state index in [9.17, 15) is 0 Å². The van der Waals surface area contributed by atoms with Crippen molar-refractivity contribution in [1.82, 2.24) is 5.32 Å². The van der Waals surface area contributed by atoms with Gasteiger partial charge in [0.05, 0.1) is 20.3 Å². The summed E-state index contributed by atoms with van der Waals surface area (Å²) < 4.78 is 22.0. The van der Waals surface area contributed by atoms with Crippen LogP contribution in [-0.4, -0.2) is 33.5 Å². The van der Waals surface area contributed by atoms with Crippen molar-refractivity contribution in [2.24, 2.45) is 0 Å². The van der Waals surface area contributed by atoms with E-state index in [4.69, 9.17) is 30.5 Å². The van der Waals surface area contributed by atoms with Crippen molar-refractivity contribution in [2.75, 3.05) is 27.4 Å². The smallest absolute Gasteiger partial charge is 0.162 e. The Bertz CT molecular complexity index is 730. The van der Waals surface area contributed by atoms with E-state index in [1.807, 2.05) is 18.2 Å². The average Bonchev–Trinajstić information content (AvgIpc) is 3.22. The van der Waals surface area contributed by atoms with E-state index in [0.717, 1.165) is 37.3 Å². The van der Waals surface area contributed by atoms with Crippen molar-refractivity contribution < 1.29 is 18.9 Å². The van der Waals surface area contributed by atoms with Gasteiger partial charge in [-0.25, -0.2) is 0 Å². The van der Waals surface area contributed by atoms with Crippen LogP contribution in [0.1, 0.15) is 24.0 Å². The van der Waals surface area contributed by atoms with Gasteiger partial charge in [-0.3, -0.25) is 0 Å². The zero-order valence-corrected chi connectivity index (χ0v) is 16.6. The molecule has 0 spiro atoms. The van der Waals surface area contributed by atoms with Crippen LogP contribution in [0.15, 0.2) is 36.4 Å². The second-order valence-electron chi connectivity index (χ2n) is 6.49. The number of rotatable bonds is 9. The summed E-state index contributed by atoms with van der Waals surface area (Å²) in [5.41, 5.74) is 2.14. The molecule has 1 N–H and O–H groups in total. The van der Waals surface area contributed by atoms with Crippen LogP contribution in [-0.2, 0) is 17.8 Å². The number of ether oxygens (including phenoxy) is 4. The number of halogens is 1. The molecular weight excluding hydrogens is 366 g/mol. The first-order valence-electron chi connectivity index (χ1n) is 9.14. The first kappa shape index (κ1) is 19.8. The summed E-state index contributed by atoms with van der Waals surface area (Å²) in [6, 6.07) is 11.8. The molecule has 5 nitrogen and oxygen atoms in total. The Balaban J connectivity index is 1.48. The minimum Gasteiger partial charge on any atom is -0.493 e. The molecule has 0 radical (unpaired) electrons. The highest BCUT2D eigenvalue weighted by atomic mass is 35.5. The Morgan fingerprint density at radius 2 is 1.81 bits per heavy atom. The predicted octanol–water partition coefficient (Wildman–Crippen LogP) is 4.20. The minimum atomic E-state index is 0.234. The fourth-order valence-corrected chi connectivity index (χ4v) is 3.26. The van der Waals surface area contributed by atoms with Gasteiger partial charge in [0, 0.05) is 30.8 Å². The lowest BCUT2D eigenvalue weighted by atomic mass is 10.1. The number of hydrogen-bond donors (Lipinski definition) is 1. The van der Waals surface area contributed by atoms with Crippen LogP contribution in [0.4, 0.5) is 0 Å². The van der Waals surface area contributed by atoms with E-state index < -0.39 is 0 Å². The zero-order chi connectivity index (χ0) is 19.1. The molecule has 2 aromatic rings. The van der Waals surface area contributed by atoms with E-state index >= 15 is 0 Å². The average molecular weight is 392 g/mol. The molecule has 1 atom stereocenters. The Hall–Kier alpha value is -1.95. The van der Waals surface area contributed by atoms with Crippen LogP contribution in [0.2, 0.25) is 5.02 Å². The van der Waals surface area contributed by atoms with Crippen molar-refractivity contribution in [3.8, 4) is 17.2 Å². The van der Waals surface area contributed by atoms with Gasteiger partial charge in [0.15, 0.2) is 11.5 Å². The largest absolute Gasteiger partial charge is 0.493 e. The maximum Gasteiger partial charge on any atom is 0.162 e. The molecule has 6 heteroatoms. The first-order valence-corrected chi connectivity index (χ1v) is 9.52. The van der Waals surface area contributed by atoms with Gasteiger partial charge >= 0.3 is 0 Å². The van der Waals surface area contributed by atoms with Gasteiger partial charge in [-0.1, -0.05) is 23.7 Å². The Kier molecular flexibility index (Phi) is 7.21. The van der Waals surface area contributed by atoms with Crippen LogP contribution >= 0.6 is 11.6 Å². The SMILES string of the molecule is COc1cc(Cl)c(CNCc2ccc(OCC3CCCO3)cc2)cc1OC. The van der Waals surface area contributed by atoms with Crippen molar-refractivity contribution in [1.29, 1.82) is 0 Å². The maximum absolute atomic E-state index is 6.33. The van der Waals surface area contributed by atoms with Gasteiger partial charge in [-0.2, -0.15) is 0 Å². The summed E-state index contributed by atoms with van der Waals surface area (Å²) in [6.45, 7) is 2.84. The van der Waals surface area contributed by atoms with Gasteiger partial charge in [-0.15, -0.1) is 0 Å². The van der Waals surface area contributed by atoms with E-state index in [0.29, 0.717) is 29.7 Å². The van der Waals surface area contributed by atoms with Crippen LogP contribution < -0.4 is 19.5 Å². The lowest BCUT2D eigenvalue weighted by molar-refractivity contribution is 0.0679. The summed E-state index contributed by atoms with van der Waals surface area (Å²) in [7, 11) is 3.21. The van der Waals surface area contributed by atoms with Crippen LogP contribution in [0, 0.1) is 0 Å². The molecule has 0 aliphatic carbocycles. The molecule has 3 rings (SSSR count). The topological polar surface area (TPSA) is 49.0 Å². The second kappa shape index (κ2) is 9.83. The third-order valence-corrected chi connectivity index (χ3v) is 4.93. The van der Waals surface area contributed by atoms with Gasteiger partial charge < -0.3 is 24.3 Å². The van der Waals surface area contributed by atoms with E-state index in [-0.39, 0.29) is 6.10 Å². The van der Waals surface area contributed by atoms with Crippen LogP contribution in [0.3, 0.4) is 0 Å². The number of hydrogen-bond acceptors (Lipinski definition) is 5. The highest BCUT2D eigenvalue weighted by molar-refractivity contribution is 6.31. The summed E-state index contributed by atoms with van der Waals surface area (Å²) >= 11 is 6.33. The summed E-state index contributed by atoms with van der Waals surface area (Å²) in [5.74, 6) is 2.17. The van der Waals surface area contributed by atoms with E-state index in [2.05, 4.69) is 17.4 Å². The lowest BCUT2D eigenvalue weighted by Crippen LogP contribution is -2.16. The molecule has 0 saturated carbocycles. The quantitative estimate of drug-likeness (QED) is 0.694. The Morgan fingerprint density at radius 3 is 2.48 bits per heavy atom. The van der Waals surface area contributed by atoms with Crippen molar-refractivity contribution >= 4 is 11.6 Å². The van der Waals surface area contributed by atoms with Gasteiger partial charge in [0.2, 0.25) is 0 Å². The molecule has 1 aliphatic rings. The summed E-state index contributed by atoms with van der Waals surface area (Å²) in [6.07, 6.45) is 2.45. The third kappa shape index (κ3) is 5.51. The highest BCUT2D eigenvalue weighted by Gasteiger charge is 2.15. The standard InChI is InChI=1S/C21H26ClNO4/c1-24-20-10-16(19(22)11-21(20)25-2)13-23-12-15-5-7-17(8-6-15)27-14-18-4-3-9-26-18/h5-8,10-11,18,23H,3-4,9,12-14H2,1-2H3. The maximum atomic E-state index is 6.33. The van der Waals surface area contributed by atoms with Gasteiger partial charge in [0.25, 0.3) is 0 Å². The van der Waals surface area contributed by atoms with Crippen LogP contribution in [0.5, 0.6) is 17.2 Å². The van der Waals surface area contributed by atoms with Gasteiger partial charge in [-0.05, 0) is 42.2 Å². The van der Waals surface area contributed by atoms with Gasteiger partial charge in [0.1, 0.15) is 12.4 Å². The Labute approximate surface area is 165 Å². The molecule has 1 heterocycles. The van der Waals surface area contributed by atoms with Crippen molar-refractivity contribution in [3.63, 3.8) is 0 Å². The number of nitrogens with one attached hydrogen (secondary N) is 1. The van der Waals surface area contributed by atoms with E-state index in [1.165, 1.54) is 5.56 Å². The fraction of sp³-hybridized carbons (Fsp3) is 0.429. The molecule has 1 fully saturated rings. The summed E-state index contributed by atoms with van der Waals surface area (Å²) in [4.78, 5) is 0. The normalized spacial score (nSPS) is 16.3. The molecule has 1 unspecified atom stereocenters. The van der Waals surface area contributed by atoms with Crippen molar-refractivity contribution in [3.05, 3.63) is 52.5 Å². The van der Waals surface area contributed by atoms with Crippen LogP contribution in [0.25, 0.3) is 0 Å². The highest BCUT2D eigenvalue weighted by Crippen LogP contribution is 2.33. The minimum absolute atomic E-state index is 0.234. The molecular formula is C21H26ClNO4. The fourth-order valence-electron chi connectivity index (χ4n) is 3.04. The number of benzene rings is 2. The molecule has 1 saturated heterocycles. The first-order chi connectivity index (χ1) is 13.2. The molecule has 146 valence electrons. The molecule has 0 aromatic heterocycles. The summed E-state index contributed by atoms with van der Waals surface area (Å²) in [5, 5.41) is 4.05. The third-order valence-electron chi connectivity index (χ3n) is 4.58. The lowest BCUT2D eigenvalue weighted by Gasteiger charge is -2.13.